The van der Waals surface area contributed by atoms with E-state index in [0.29, 0.717) is 11.6 Å². The lowest BCUT2D eigenvalue weighted by Crippen LogP contribution is -2.42. The number of hydrogen-bond acceptors (Lipinski definition) is 1. The van der Waals surface area contributed by atoms with E-state index in [-0.39, 0.29) is 0 Å². The van der Waals surface area contributed by atoms with Crippen molar-refractivity contribution in [2.24, 2.45) is 5.92 Å². The Bertz CT molecular complexity index is 244. The van der Waals surface area contributed by atoms with Gasteiger partial charge in [-0.2, -0.15) is 0 Å². The summed E-state index contributed by atoms with van der Waals surface area (Å²) in [7, 11) is 0. The standard InChI is InChI=1S/C13H23N/c1-10(2)8-13-6-5-7-14(13)12(4)11(3)9-13/h10,12H,3,5-9H2,1-2,4H3/t12-,13-/m1/s1. The van der Waals surface area contributed by atoms with Gasteiger partial charge in [-0.15, -0.1) is 0 Å². The molecule has 0 aromatic heterocycles. The molecule has 0 saturated carbocycles. The smallest absolute Gasteiger partial charge is 0.0282 e. The average Bonchev–Trinajstić information content (AvgIpc) is 2.53. The highest BCUT2D eigenvalue weighted by molar-refractivity contribution is 5.22. The van der Waals surface area contributed by atoms with E-state index in [4.69, 9.17) is 0 Å². The molecule has 2 aliphatic heterocycles. The van der Waals surface area contributed by atoms with Crippen LogP contribution in [0.4, 0.5) is 0 Å². The molecule has 0 aromatic rings. The maximum atomic E-state index is 4.23. The third kappa shape index (κ3) is 1.42. The molecule has 0 unspecified atom stereocenters. The number of rotatable bonds is 2. The van der Waals surface area contributed by atoms with E-state index in [9.17, 15) is 0 Å². The zero-order valence-corrected chi connectivity index (χ0v) is 9.84. The van der Waals surface area contributed by atoms with Crippen LogP contribution in [0, 0.1) is 5.92 Å². The summed E-state index contributed by atoms with van der Waals surface area (Å²) in [5, 5.41) is 0. The molecule has 1 nitrogen and oxygen atoms in total. The second-order valence-electron chi connectivity index (χ2n) is 5.63. The first-order valence-electron chi connectivity index (χ1n) is 5.99. The molecular formula is C13H23N. The first-order valence-corrected chi connectivity index (χ1v) is 5.99. The van der Waals surface area contributed by atoms with Gasteiger partial charge in [-0.1, -0.05) is 26.0 Å². The summed E-state index contributed by atoms with van der Waals surface area (Å²) in [4.78, 5) is 2.72. The second-order valence-corrected chi connectivity index (χ2v) is 5.63. The SMILES string of the molecule is C=C1C[C@]2(CC(C)C)CCCN2[C@@H]1C. The Balaban J connectivity index is 2.20. The van der Waals surface area contributed by atoms with Crippen LogP contribution in [0.3, 0.4) is 0 Å². The summed E-state index contributed by atoms with van der Waals surface area (Å²) in [5.74, 6) is 0.814. The van der Waals surface area contributed by atoms with Crippen molar-refractivity contribution >= 4 is 0 Å². The van der Waals surface area contributed by atoms with Gasteiger partial charge in [-0.3, -0.25) is 4.90 Å². The van der Waals surface area contributed by atoms with Gasteiger partial charge in [-0.05, 0) is 45.1 Å². The Labute approximate surface area is 88.2 Å². The predicted octanol–water partition coefficient (Wildman–Crippen LogP) is 3.22. The summed E-state index contributed by atoms with van der Waals surface area (Å²) in [6, 6.07) is 0.635. The van der Waals surface area contributed by atoms with Gasteiger partial charge in [0.2, 0.25) is 0 Å². The molecule has 1 heteroatoms. The van der Waals surface area contributed by atoms with Crippen molar-refractivity contribution < 1.29 is 0 Å². The van der Waals surface area contributed by atoms with Crippen LogP contribution in [0.25, 0.3) is 0 Å². The fraction of sp³-hybridized carbons (Fsp3) is 0.846. The highest BCUT2D eigenvalue weighted by atomic mass is 15.3. The van der Waals surface area contributed by atoms with E-state index in [0.717, 1.165) is 5.92 Å². The summed E-state index contributed by atoms with van der Waals surface area (Å²) >= 11 is 0. The molecule has 2 aliphatic rings. The largest absolute Gasteiger partial charge is 0.291 e. The Morgan fingerprint density at radius 2 is 2.29 bits per heavy atom. The van der Waals surface area contributed by atoms with Gasteiger partial charge >= 0.3 is 0 Å². The number of hydrogen-bond donors (Lipinski definition) is 0. The van der Waals surface area contributed by atoms with Gasteiger partial charge < -0.3 is 0 Å². The average molecular weight is 193 g/mol. The first-order chi connectivity index (χ1) is 6.55. The van der Waals surface area contributed by atoms with Crippen LogP contribution in [0.15, 0.2) is 12.2 Å². The van der Waals surface area contributed by atoms with Gasteiger partial charge in [0.15, 0.2) is 0 Å². The van der Waals surface area contributed by atoms with Crippen molar-refractivity contribution in [2.75, 3.05) is 6.54 Å². The van der Waals surface area contributed by atoms with E-state index in [1.807, 2.05) is 0 Å². The topological polar surface area (TPSA) is 3.24 Å². The minimum absolute atomic E-state index is 0.505. The molecule has 0 spiro atoms. The molecule has 2 saturated heterocycles. The van der Waals surface area contributed by atoms with Gasteiger partial charge in [-0.25, -0.2) is 0 Å². The van der Waals surface area contributed by atoms with E-state index in [1.165, 1.54) is 37.8 Å². The highest BCUT2D eigenvalue weighted by Gasteiger charge is 2.48. The Morgan fingerprint density at radius 3 is 2.93 bits per heavy atom. The van der Waals surface area contributed by atoms with E-state index in [1.54, 1.807) is 0 Å². The molecule has 2 fully saturated rings. The normalized spacial score (nSPS) is 38.3. The van der Waals surface area contributed by atoms with E-state index < -0.39 is 0 Å². The maximum Gasteiger partial charge on any atom is 0.0282 e. The quantitative estimate of drug-likeness (QED) is 0.609. The molecule has 2 rings (SSSR count). The molecule has 0 radical (unpaired) electrons. The van der Waals surface area contributed by atoms with Crippen molar-refractivity contribution in [3.05, 3.63) is 12.2 Å². The Morgan fingerprint density at radius 1 is 1.57 bits per heavy atom. The fourth-order valence-electron chi connectivity index (χ4n) is 3.60. The number of nitrogens with zero attached hydrogens (tertiary/aromatic N) is 1. The van der Waals surface area contributed by atoms with E-state index in [2.05, 4.69) is 32.3 Å². The molecule has 2 heterocycles. The van der Waals surface area contributed by atoms with Crippen LogP contribution < -0.4 is 0 Å². The molecule has 14 heavy (non-hydrogen) atoms. The zero-order valence-electron chi connectivity index (χ0n) is 9.84. The van der Waals surface area contributed by atoms with Crippen molar-refractivity contribution in [3.63, 3.8) is 0 Å². The minimum Gasteiger partial charge on any atom is -0.291 e. The molecule has 0 aliphatic carbocycles. The molecule has 0 N–H and O–H groups in total. The zero-order chi connectivity index (χ0) is 10.3. The minimum atomic E-state index is 0.505. The van der Waals surface area contributed by atoms with Gasteiger partial charge in [0, 0.05) is 11.6 Å². The van der Waals surface area contributed by atoms with Crippen LogP contribution in [0.2, 0.25) is 0 Å². The van der Waals surface area contributed by atoms with Crippen LogP contribution >= 0.6 is 0 Å². The third-order valence-electron chi connectivity index (χ3n) is 4.05. The number of fused-ring (bicyclic) bond motifs is 1. The highest BCUT2D eigenvalue weighted by Crippen LogP contribution is 2.47. The van der Waals surface area contributed by atoms with Crippen molar-refractivity contribution in [1.29, 1.82) is 0 Å². The monoisotopic (exact) mass is 193 g/mol. The molecule has 0 amide bonds. The lowest BCUT2D eigenvalue weighted by atomic mass is 9.84. The van der Waals surface area contributed by atoms with Crippen LogP contribution in [0.5, 0.6) is 0 Å². The summed E-state index contributed by atoms with van der Waals surface area (Å²) in [6.07, 6.45) is 5.40. The summed E-state index contributed by atoms with van der Waals surface area (Å²) in [5.41, 5.74) is 1.97. The third-order valence-corrected chi connectivity index (χ3v) is 4.05. The maximum absolute atomic E-state index is 4.23. The van der Waals surface area contributed by atoms with Gasteiger partial charge in [0.05, 0.1) is 0 Å². The molecule has 0 aromatic carbocycles. The molecule has 80 valence electrons. The Kier molecular flexibility index (Phi) is 2.46. The first kappa shape index (κ1) is 10.2. The molecule has 0 bridgehead atoms. The van der Waals surface area contributed by atoms with Crippen LogP contribution in [-0.4, -0.2) is 23.0 Å². The van der Waals surface area contributed by atoms with Crippen molar-refractivity contribution in [2.45, 2.75) is 58.0 Å². The lowest BCUT2D eigenvalue weighted by Gasteiger charge is -2.35. The second kappa shape index (κ2) is 3.37. The van der Waals surface area contributed by atoms with Crippen molar-refractivity contribution in [1.82, 2.24) is 4.90 Å². The Hall–Kier alpha value is -0.300. The van der Waals surface area contributed by atoms with E-state index >= 15 is 0 Å². The lowest BCUT2D eigenvalue weighted by molar-refractivity contribution is 0.134. The summed E-state index contributed by atoms with van der Waals surface area (Å²) in [6.45, 7) is 12.5. The fourth-order valence-corrected chi connectivity index (χ4v) is 3.60. The van der Waals surface area contributed by atoms with Crippen LogP contribution in [0.1, 0.15) is 46.5 Å². The van der Waals surface area contributed by atoms with Gasteiger partial charge in [0.25, 0.3) is 0 Å². The van der Waals surface area contributed by atoms with Gasteiger partial charge in [0.1, 0.15) is 0 Å². The predicted molar refractivity (Wildman–Crippen MR) is 61.3 cm³/mol. The summed E-state index contributed by atoms with van der Waals surface area (Å²) < 4.78 is 0. The van der Waals surface area contributed by atoms with Crippen molar-refractivity contribution in [3.8, 4) is 0 Å². The molecular weight excluding hydrogens is 170 g/mol. The van der Waals surface area contributed by atoms with Crippen LogP contribution in [-0.2, 0) is 0 Å². The molecule has 2 atom stereocenters.